The van der Waals surface area contributed by atoms with Crippen molar-refractivity contribution in [3.63, 3.8) is 0 Å². The average molecular weight is 369 g/mol. The van der Waals surface area contributed by atoms with E-state index in [1.807, 2.05) is 19.9 Å². The highest BCUT2D eigenvalue weighted by Crippen LogP contribution is 2.29. The van der Waals surface area contributed by atoms with Gasteiger partial charge in [0.25, 0.3) is 11.2 Å². The van der Waals surface area contributed by atoms with Gasteiger partial charge in [0.1, 0.15) is 11.6 Å². The summed E-state index contributed by atoms with van der Waals surface area (Å²) < 4.78 is 1.09. The van der Waals surface area contributed by atoms with E-state index in [4.69, 9.17) is 0 Å². The van der Waals surface area contributed by atoms with Crippen molar-refractivity contribution in [1.82, 2.24) is 4.57 Å². The predicted molar refractivity (Wildman–Crippen MR) is 98.7 cm³/mol. The zero-order valence-corrected chi connectivity index (χ0v) is 15.4. The number of aryl methyl sites for hydroxylation is 1. The van der Waals surface area contributed by atoms with Crippen LogP contribution in [0.15, 0.2) is 33.2 Å². The lowest BCUT2D eigenvalue weighted by molar-refractivity contribution is -0.384. The number of azo groups is 1. The summed E-state index contributed by atoms with van der Waals surface area (Å²) in [6, 6.07) is 6.02. The highest BCUT2D eigenvalue weighted by molar-refractivity contribution is 5.57. The number of nitriles is 1. The number of aromatic hydroxyl groups is 1. The molecule has 9 nitrogen and oxygen atoms in total. The molecule has 1 N–H and O–H groups in total. The van der Waals surface area contributed by atoms with E-state index >= 15 is 0 Å². The molecule has 140 valence electrons. The van der Waals surface area contributed by atoms with E-state index < -0.39 is 16.4 Å². The van der Waals surface area contributed by atoms with Gasteiger partial charge in [-0.25, -0.2) is 0 Å². The van der Waals surface area contributed by atoms with Crippen molar-refractivity contribution in [2.24, 2.45) is 16.1 Å². The van der Waals surface area contributed by atoms with Gasteiger partial charge in [0, 0.05) is 24.2 Å². The summed E-state index contributed by atoms with van der Waals surface area (Å²) in [6.07, 6.45) is 0. The quantitative estimate of drug-likeness (QED) is 0.482. The van der Waals surface area contributed by atoms with Gasteiger partial charge in [-0.1, -0.05) is 19.9 Å². The molecule has 1 heterocycles. The molecule has 0 aliphatic rings. The Kier molecular flexibility index (Phi) is 5.70. The van der Waals surface area contributed by atoms with Gasteiger partial charge in [-0.3, -0.25) is 19.5 Å². The van der Waals surface area contributed by atoms with Crippen LogP contribution in [0.4, 0.5) is 17.1 Å². The minimum Gasteiger partial charge on any atom is -0.493 e. The first kappa shape index (κ1) is 19.8. The van der Waals surface area contributed by atoms with Gasteiger partial charge in [-0.2, -0.15) is 5.26 Å². The van der Waals surface area contributed by atoms with Gasteiger partial charge in [-0.05, 0) is 25.3 Å². The number of nitro groups is 1. The third kappa shape index (κ3) is 4.00. The minimum atomic E-state index is -0.579. The van der Waals surface area contributed by atoms with Crippen LogP contribution >= 0.6 is 0 Å². The monoisotopic (exact) mass is 369 g/mol. The summed E-state index contributed by atoms with van der Waals surface area (Å²) in [5.74, 6) is -0.356. The van der Waals surface area contributed by atoms with Crippen LogP contribution in [0.2, 0.25) is 0 Å². The Labute approximate surface area is 155 Å². The van der Waals surface area contributed by atoms with Gasteiger partial charge < -0.3 is 5.11 Å². The van der Waals surface area contributed by atoms with Crippen LogP contribution in [-0.4, -0.2) is 14.6 Å². The molecule has 1 aromatic heterocycles. The second-order valence-electron chi connectivity index (χ2n) is 6.52. The first-order valence-electron chi connectivity index (χ1n) is 8.20. The molecule has 9 heteroatoms. The lowest BCUT2D eigenvalue weighted by Gasteiger charge is -2.14. The summed E-state index contributed by atoms with van der Waals surface area (Å²) in [5, 5.41) is 38.4. The van der Waals surface area contributed by atoms with Crippen LogP contribution in [0.3, 0.4) is 0 Å². The lowest BCUT2D eigenvalue weighted by atomic mass is 10.1. The van der Waals surface area contributed by atoms with E-state index in [1.165, 1.54) is 25.1 Å². The fourth-order valence-electron chi connectivity index (χ4n) is 2.51. The standard InChI is InChI=1S/C18H19N5O4/c1-10(2)9-22-17(24)14(8-19)12(4)16(18(22)25)21-20-15-7-13(23(26)27)6-5-11(15)3/h5-7,10,24H,9H2,1-4H3. The summed E-state index contributed by atoms with van der Waals surface area (Å²) in [4.78, 5) is 23.1. The summed E-state index contributed by atoms with van der Waals surface area (Å²) in [5.41, 5.74) is 0.216. The maximum absolute atomic E-state index is 12.7. The van der Waals surface area contributed by atoms with Crippen molar-refractivity contribution in [1.29, 1.82) is 5.26 Å². The molecule has 0 saturated heterocycles. The number of non-ortho nitro benzene ring substituents is 1. The van der Waals surface area contributed by atoms with Crippen LogP contribution in [0.25, 0.3) is 0 Å². The van der Waals surface area contributed by atoms with Crippen LogP contribution in [0.5, 0.6) is 5.88 Å². The molecule has 0 radical (unpaired) electrons. The SMILES string of the molecule is Cc1ccc([N+](=O)[O-])cc1N=Nc1c(C)c(C#N)c(O)n(CC(C)C)c1=O. The molecule has 0 spiro atoms. The Bertz CT molecular complexity index is 1030. The Morgan fingerprint density at radius 1 is 1.33 bits per heavy atom. The van der Waals surface area contributed by atoms with Crippen LogP contribution < -0.4 is 5.56 Å². The molecule has 0 fully saturated rings. The van der Waals surface area contributed by atoms with Crippen molar-refractivity contribution >= 4 is 17.1 Å². The topological polar surface area (TPSA) is 134 Å². The second kappa shape index (κ2) is 7.78. The summed E-state index contributed by atoms with van der Waals surface area (Å²) in [7, 11) is 0. The van der Waals surface area contributed by atoms with Gasteiger partial charge in [0.2, 0.25) is 5.88 Å². The van der Waals surface area contributed by atoms with E-state index in [2.05, 4.69) is 10.2 Å². The lowest BCUT2D eigenvalue weighted by Crippen LogP contribution is -2.24. The van der Waals surface area contributed by atoms with Crippen LogP contribution in [0, 0.1) is 41.2 Å². The van der Waals surface area contributed by atoms with E-state index in [0.29, 0.717) is 5.56 Å². The highest BCUT2D eigenvalue weighted by Gasteiger charge is 2.20. The molecule has 27 heavy (non-hydrogen) atoms. The number of nitrogens with zero attached hydrogens (tertiary/aromatic N) is 5. The van der Waals surface area contributed by atoms with E-state index in [9.17, 15) is 25.3 Å². The molecule has 1 aromatic carbocycles. The number of aromatic nitrogens is 1. The molecular formula is C18H19N5O4. The Hall–Kier alpha value is -3.54. The number of nitro benzene ring substituents is 1. The predicted octanol–water partition coefficient (Wildman–Crippen LogP) is 4.02. The first-order valence-corrected chi connectivity index (χ1v) is 8.20. The highest BCUT2D eigenvalue weighted by atomic mass is 16.6. The Morgan fingerprint density at radius 2 is 2.00 bits per heavy atom. The van der Waals surface area contributed by atoms with Crippen molar-refractivity contribution in [2.75, 3.05) is 0 Å². The van der Waals surface area contributed by atoms with Crippen molar-refractivity contribution in [3.8, 4) is 11.9 Å². The van der Waals surface area contributed by atoms with Crippen LogP contribution in [0.1, 0.15) is 30.5 Å². The molecule has 0 aliphatic heterocycles. The van der Waals surface area contributed by atoms with E-state index in [0.717, 1.165) is 4.57 Å². The first-order chi connectivity index (χ1) is 12.7. The van der Waals surface area contributed by atoms with Gasteiger partial charge in [0.05, 0.1) is 10.6 Å². The van der Waals surface area contributed by atoms with Gasteiger partial charge in [-0.15, -0.1) is 10.2 Å². The number of pyridine rings is 1. The van der Waals surface area contributed by atoms with Gasteiger partial charge >= 0.3 is 0 Å². The number of benzene rings is 1. The van der Waals surface area contributed by atoms with Crippen LogP contribution in [-0.2, 0) is 6.54 Å². The van der Waals surface area contributed by atoms with Crippen molar-refractivity contribution in [3.05, 3.63) is 55.4 Å². The fourth-order valence-corrected chi connectivity index (χ4v) is 2.51. The molecule has 0 unspecified atom stereocenters. The maximum Gasteiger partial charge on any atom is 0.281 e. The fraction of sp³-hybridized carbons (Fsp3) is 0.333. The zero-order valence-electron chi connectivity index (χ0n) is 15.4. The normalized spacial score (nSPS) is 11.1. The van der Waals surface area contributed by atoms with Gasteiger partial charge in [0.15, 0.2) is 5.69 Å². The molecule has 0 bridgehead atoms. The third-order valence-corrected chi connectivity index (χ3v) is 3.98. The molecule has 0 amide bonds. The second-order valence-corrected chi connectivity index (χ2v) is 6.52. The Morgan fingerprint density at radius 3 is 2.56 bits per heavy atom. The third-order valence-electron chi connectivity index (χ3n) is 3.98. The number of hydrogen-bond donors (Lipinski definition) is 1. The van der Waals surface area contributed by atoms with E-state index in [-0.39, 0.29) is 40.7 Å². The minimum absolute atomic E-state index is 0.0478. The molecular weight excluding hydrogens is 350 g/mol. The van der Waals surface area contributed by atoms with Crippen molar-refractivity contribution in [2.45, 2.75) is 34.2 Å². The zero-order chi connectivity index (χ0) is 20.3. The summed E-state index contributed by atoms with van der Waals surface area (Å²) >= 11 is 0. The largest absolute Gasteiger partial charge is 0.493 e. The molecule has 0 aliphatic carbocycles. The smallest absolute Gasteiger partial charge is 0.281 e. The van der Waals surface area contributed by atoms with Crippen molar-refractivity contribution < 1.29 is 10.0 Å². The Balaban J connectivity index is 2.65. The number of rotatable bonds is 5. The maximum atomic E-state index is 12.7. The average Bonchev–Trinajstić information content (AvgIpc) is 2.60. The van der Waals surface area contributed by atoms with E-state index in [1.54, 1.807) is 6.92 Å². The molecule has 2 rings (SSSR count). The molecule has 2 aromatic rings. The summed E-state index contributed by atoms with van der Waals surface area (Å²) in [6.45, 7) is 7.14. The molecule has 0 saturated carbocycles. The number of hydrogen-bond acceptors (Lipinski definition) is 7. The molecule has 0 atom stereocenters.